The second-order valence-electron chi connectivity index (χ2n) is 3.79. The fourth-order valence-corrected chi connectivity index (χ4v) is 3.91. The van der Waals surface area contributed by atoms with E-state index in [-0.39, 0.29) is 16.5 Å². The molecular formula is C11H16Cl2N2O2S2. The van der Waals surface area contributed by atoms with E-state index in [9.17, 15) is 8.42 Å². The van der Waals surface area contributed by atoms with Crippen LogP contribution in [0.15, 0.2) is 17.0 Å². The minimum Gasteiger partial charge on any atom is -0.326 e. The van der Waals surface area contributed by atoms with E-state index in [1.807, 2.05) is 6.26 Å². The normalized spacial score (nSPS) is 11.8. The number of hydrogen-bond acceptors (Lipinski definition) is 4. The second-order valence-corrected chi connectivity index (χ2v) is 7.29. The summed E-state index contributed by atoms with van der Waals surface area (Å²) in [6.45, 7) is 0.466. The summed E-state index contributed by atoms with van der Waals surface area (Å²) in [4.78, 5) is 0.0168. The van der Waals surface area contributed by atoms with E-state index in [1.54, 1.807) is 11.8 Å². The Morgan fingerprint density at radius 3 is 2.63 bits per heavy atom. The molecule has 1 aromatic rings. The summed E-state index contributed by atoms with van der Waals surface area (Å²) >= 11 is 13.6. The zero-order valence-electron chi connectivity index (χ0n) is 10.4. The number of nitrogens with two attached hydrogens (primary N) is 1. The molecule has 0 bridgehead atoms. The lowest BCUT2D eigenvalue weighted by molar-refractivity contribution is 0.581. The van der Waals surface area contributed by atoms with Gasteiger partial charge in [-0.2, -0.15) is 11.8 Å². The average Bonchev–Trinajstić information content (AvgIpc) is 2.35. The largest absolute Gasteiger partial charge is 0.326 e. The molecule has 3 N–H and O–H groups in total. The number of thioether (sulfide) groups is 1. The summed E-state index contributed by atoms with van der Waals surface area (Å²) in [6, 6.07) is 2.88. The van der Waals surface area contributed by atoms with Gasteiger partial charge in [-0.3, -0.25) is 0 Å². The average molecular weight is 343 g/mol. The van der Waals surface area contributed by atoms with Gasteiger partial charge in [-0.15, -0.1) is 0 Å². The fraction of sp³-hybridized carbons (Fsp3) is 0.455. The second kappa shape index (κ2) is 7.71. The Labute approximate surface area is 128 Å². The Morgan fingerprint density at radius 2 is 2.05 bits per heavy atom. The Bertz CT molecular complexity index is 536. The molecule has 8 heteroatoms. The Balaban J connectivity index is 2.96. The fourth-order valence-electron chi connectivity index (χ4n) is 1.47. The van der Waals surface area contributed by atoms with Crippen molar-refractivity contribution >= 4 is 45.0 Å². The molecule has 19 heavy (non-hydrogen) atoms. The minimum absolute atomic E-state index is 0.0168. The molecule has 0 aliphatic carbocycles. The molecule has 0 fully saturated rings. The zero-order valence-corrected chi connectivity index (χ0v) is 13.6. The Morgan fingerprint density at radius 1 is 1.37 bits per heavy atom. The first kappa shape index (κ1) is 17.1. The van der Waals surface area contributed by atoms with Crippen LogP contribution in [0.5, 0.6) is 0 Å². The van der Waals surface area contributed by atoms with E-state index in [0.29, 0.717) is 17.1 Å². The van der Waals surface area contributed by atoms with Crippen LogP contribution in [0.2, 0.25) is 10.0 Å². The maximum Gasteiger partial charge on any atom is 0.242 e. The van der Waals surface area contributed by atoms with Crippen molar-refractivity contribution < 1.29 is 8.42 Å². The van der Waals surface area contributed by atoms with E-state index in [1.165, 1.54) is 12.1 Å². The van der Waals surface area contributed by atoms with Gasteiger partial charge in [0.25, 0.3) is 0 Å². The molecule has 1 rings (SSSR count). The molecule has 0 atom stereocenters. The lowest BCUT2D eigenvalue weighted by Gasteiger charge is -2.11. The van der Waals surface area contributed by atoms with E-state index in [4.69, 9.17) is 28.9 Å². The third-order valence-electron chi connectivity index (χ3n) is 2.46. The summed E-state index contributed by atoms with van der Waals surface area (Å²) in [5.74, 6) is 0.894. The molecule has 0 heterocycles. The van der Waals surface area contributed by atoms with Gasteiger partial charge in [0, 0.05) is 23.7 Å². The van der Waals surface area contributed by atoms with Crippen molar-refractivity contribution in [2.75, 3.05) is 18.6 Å². The molecule has 0 radical (unpaired) electrons. The molecule has 0 aliphatic rings. The van der Waals surface area contributed by atoms with Gasteiger partial charge in [0.2, 0.25) is 10.0 Å². The van der Waals surface area contributed by atoms with E-state index < -0.39 is 10.0 Å². The Hall–Kier alpha value is 0.0200. The van der Waals surface area contributed by atoms with Crippen LogP contribution in [-0.2, 0) is 16.6 Å². The quantitative estimate of drug-likeness (QED) is 0.746. The molecule has 0 aromatic heterocycles. The summed E-state index contributed by atoms with van der Waals surface area (Å²) in [5.41, 5.74) is 5.96. The van der Waals surface area contributed by atoms with E-state index >= 15 is 0 Å². The highest BCUT2D eigenvalue weighted by atomic mass is 35.5. The number of nitrogens with one attached hydrogen (secondary N) is 1. The van der Waals surface area contributed by atoms with Gasteiger partial charge in [0.15, 0.2) is 0 Å². The van der Waals surface area contributed by atoms with Gasteiger partial charge in [0.05, 0.1) is 5.02 Å². The minimum atomic E-state index is -3.63. The Kier molecular flexibility index (Phi) is 6.93. The maximum atomic E-state index is 12.1. The number of halogens is 2. The van der Waals surface area contributed by atoms with Gasteiger partial charge in [0.1, 0.15) is 4.90 Å². The number of hydrogen-bond donors (Lipinski definition) is 2. The monoisotopic (exact) mass is 342 g/mol. The highest BCUT2D eigenvalue weighted by Crippen LogP contribution is 2.30. The van der Waals surface area contributed by atoms with Crippen LogP contribution in [0.1, 0.15) is 12.0 Å². The van der Waals surface area contributed by atoms with Crippen molar-refractivity contribution in [3.63, 3.8) is 0 Å². The molecule has 0 spiro atoms. The SMILES string of the molecule is CSCCCNS(=O)(=O)c1ccc(Cl)c(CN)c1Cl. The molecule has 108 valence electrons. The van der Waals surface area contributed by atoms with E-state index in [2.05, 4.69) is 4.72 Å². The van der Waals surface area contributed by atoms with Gasteiger partial charge in [-0.25, -0.2) is 13.1 Å². The molecule has 0 amide bonds. The van der Waals surface area contributed by atoms with Crippen molar-refractivity contribution in [1.29, 1.82) is 0 Å². The molecule has 1 aromatic carbocycles. The van der Waals surface area contributed by atoms with Crippen molar-refractivity contribution in [2.45, 2.75) is 17.9 Å². The lowest BCUT2D eigenvalue weighted by Crippen LogP contribution is -2.25. The highest BCUT2D eigenvalue weighted by molar-refractivity contribution is 7.98. The van der Waals surface area contributed by atoms with Crippen molar-refractivity contribution in [3.8, 4) is 0 Å². The molecule has 0 saturated heterocycles. The molecule has 0 unspecified atom stereocenters. The summed E-state index contributed by atoms with van der Waals surface area (Å²) in [6.07, 6.45) is 2.73. The predicted molar refractivity (Wildman–Crippen MR) is 82.5 cm³/mol. The first-order chi connectivity index (χ1) is 8.94. The summed E-state index contributed by atoms with van der Waals surface area (Å²) in [5, 5.41) is 0.459. The van der Waals surface area contributed by atoms with Crippen LogP contribution in [0, 0.1) is 0 Å². The maximum absolute atomic E-state index is 12.1. The topological polar surface area (TPSA) is 72.2 Å². The number of benzene rings is 1. The van der Waals surface area contributed by atoms with Crippen LogP contribution in [0.4, 0.5) is 0 Å². The zero-order chi connectivity index (χ0) is 14.5. The summed E-state index contributed by atoms with van der Waals surface area (Å²) in [7, 11) is -3.63. The smallest absolute Gasteiger partial charge is 0.242 e. The summed E-state index contributed by atoms with van der Waals surface area (Å²) < 4.78 is 26.7. The third kappa shape index (κ3) is 4.51. The third-order valence-corrected chi connectivity index (χ3v) is 5.56. The molecule has 0 aliphatic heterocycles. The standard InChI is InChI=1S/C11H16Cl2N2O2S2/c1-18-6-2-5-15-19(16,17)10-4-3-9(12)8(7-14)11(10)13/h3-4,15H,2,5-7,14H2,1H3. The number of sulfonamides is 1. The molecular weight excluding hydrogens is 327 g/mol. The van der Waals surface area contributed by atoms with Crippen LogP contribution < -0.4 is 10.5 Å². The predicted octanol–water partition coefficient (Wildman–Crippen LogP) is 2.48. The van der Waals surface area contributed by atoms with Gasteiger partial charge in [-0.05, 0) is 30.6 Å². The van der Waals surface area contributed by atoms with Crippen molar-refractivity contribution in [1.82, 2.24) is 4.72 Å². The van der Waals surface area contributed by atoms with E-state index in [0.717, 1.165) is 12.2 Å². The lowest BCUT2D eigenvalue weighted by atomic mass is 10.2. The van der Waals surface area contributed by atoms with Crippen LogP contribution >= 0.6 is 35.0 Å². The van der Waals surface area contributed by atoms with Crippen LogP contribution in [-0.4, -0.2) is 27.0 Å². The molecule has 4 nitrogen and oxygen atoms in total. The van der Waals surface area contributed by atoms with Gasteiger partial charge in [-0.1, -0.05) is 23.2 Å². The van der Waals surface area contributed by atoms with Crippen LogP contribution in [0.3, 0.4) is 0 Å². The molecule has 0 saturated carbocycles. The first-order valence-corrected chi connectivity index (χ1v) is 9.23. The van der Waals surface area contributed by atoms with Gasteiger partial charge < -0.3 is 5.73 Å². The van der Waals surface area contributed by atoms with Crippen molar-refractivity contribution in [2.24, 2.45) is 5.73 Å². The number of rotatable bonds is 7. The van der Waals surface area contributed by atoms with Crippen molar-refractivity contribution in [3.05, 3.63) is 27.7 Å². The highest BCUT2D eigenvalue weighted by Gasteiger charge is 2.20. The first-order valence-electron chi connectivity index (χ1n) is 5.59. The van der Waals surface area contributed by atoms with Gasteiger partial charge >= 0.3 is 0 Å². The van der Waals surface area contributed by atoms with Crippen LogP contribution in [0.25, 0.3) is 0 Å².